The Balaban J connectivity index is 0. The van der Waals surface area contributed by atoms with Gasteiger partial charge in [0.2, 0.25) is 0 Å². The van der Waals surface area contributed by atoms with Crippen molar-refractivity contribution in [3.8, 4) is 0 Å². The van der Waals surface area contributed by atoms with Crippen molar-refractivity contribution < 1.29 is 58.8 Å². The summed E-state index contributed by atoms with van der Waals surface area (Å²) in [4.78, 5) is 0. The fraction of sp³-hybridized carbons (Fsp3) is 0. The molecule has 31 valence electrons. The molecule has 4 heavy (non-hydrogen) atoms. The van der Waals surface area contributed by atoms with Crippen LogP contribution in [-0.2, 0) is 17.1 Å². The minimum Gasteiger partial charge on any atom is -0.147 e. The minimum atomic E-state index is 0. The van der Waals surface area contributed by atoms with E-state index >= 15 is 0 Å². The molecule has 0 fully saturated rings. The van der Waals surface area contributed by atoms with E-state index in [1.807, 2.05) is 0 Å². The van der Waals surface area contributed by atoms with Gasteiger partial charge < -0.3 is 0 Å². The molecular formula is H2CeCl2Cu. The van der Waals surface area contributed by atoms with Crippen LogP contribution in [0.5, 0.6) is 0 Å². The molecule has 0 aromatic rings. The molecule has 0 amide bonds. The van der Waals surface area contributed by atoms with Crippen molar-refractivity contribution in [2.24, 2.45) is 0 Å². The number of hydrogen-bond acceptors (Lipinski definition) is 0. The molecule has 0 aliphatic heterocycles. The van der Waals surface area contributed by atoms with Crippen LogP contribution in [0.25, 0.3) is 0 Å². The van der Waals surface area contributed by atoms with Crippen molar-refractivity contribution in [1.82, 2.24) is 0 Å². The average Bonchev–Trinajstić information content (AvgIpc) is 0. The van der Waals surface area contributed by atoms with Gasteiger partial charge in [0.05, 0.1) is 0 Å². The summed E-state index contributed by atoms with van der Waals surface area (Å²) in [7, 11) is 0. The molecule has 0 N–H and O–H groups in total. The molecule has 0 saturated carbocycles. The maximum atomic E-state index is 0. The van der Waals surface area contributed by atoms with E-state index < -0.39 is 0 Å². The van der Waals surface area contributed by atoms with Crippen molar-refractivity contribution in [3.05, 3.63) is 0 Å². The topological polar surface area (TPSA) is 0 Å². The molecule has 0 heterocycles. The zero-order valence-corrected chi connectivity index (χ0v) is 7.33. The third kappa shape index (κ3) is 8.82. The Bertz CT molecular complexity index is 6.00. The van der Waals surface area contributed by atoms with Crippen molar-refractivity contribution in [2.75, 3.05) is 0 Å². The first kappa shape index (κ1) is 31.7. The summed E-state index contributed by atoms with van der Waals surface area (Å²) in [6.45, 7) is 0. The van der Waals surface area contributed by atoms with Crippen LogP contribution in [0.1, 0.15) is 0 Å². The van der Waals surface area contributed by atoms with Crippen LogP contribution in [0.3, 0.4) is 0 Å². The van der Waals surface area contributed by atoms with E-state index in [0.717, 1.165) is 0 Å². The zero-order valence-electron chi connectivity index (χ0n) is 1.62. The van der Waals surface area contributed by atoms with E-state index in [4.69, 9.17) is 0 Å². The Labute approximate surface area is 82.2 Å². The van der Waals surface area contributed by atoms with Crippen LogP contribution in [0.4, 0.5) is 0 Å². The second-order valence-electron chi connectivity index (χ2n) is 0. The fourth-order valence-electron chi connectivity index (χ4n) is 0. The van der Waals surface area contributed by atoms with E-state index in [1.54, 1.807) is 0 Å². The molecule has 0 bridgehead atoms. The molecule has 0 atom stereocenters. The molecule has 0 aromatic heterocycles. The van der Waals surface area contributed by atoms with Gasteiger partial charge in [0.25, 0.3) is 0 Å². The summed E-state index contributed by atoms with van der Waals surface area (Å²) in [6, 6.07) is 0. The standard InChI is InChI=1S/Ce.2ClH.Cu/h;2*1H;. The molecule has 0 aliphatic rings. The van der Waals surface area contributed by atoms with Crippen molar-refractivity contribution in [1.29, 1.82) is 0 Å². The average molecular weight is 277 g/mol. The van der Waals surface area contributed by atoms with Gasteiger partial charge in [-0.25, -0.2) is 0 Å². The van der Waals surface area contributed by atoms with Crippen molar-refractivity contribution >= 4 is 24.8 Å². The smallest absolute Gasteiger partial charge is 0 e. The van der Waals surface area contributed by atoms with Gasteiger partial charge in [0.15, 0.2) is 0 Å². The molecule has 1 radical (unpaired) electrons. The van der Waals surface area contributed by atoms with E-state index in [0.29, 0.717) is 0 Å². The van der Waals surface area contributed by atoms with Crippen LogP contribution in [0, 0.1) is 41.7 Å². The number of rotatable bonds is 0. The third-order valence-corrected chi connectivity index (χ3v) is 0. The SMILES string of the molecule is Cl.Cl.[Ce].[Cu]. The Morgan fingerprint density at radius 1 is 0.750 bits per heavy atom. The number of halogens is 2. The predicted molar refractivity (Wildman–Crippen MR) is 14.5 cm³/mol. The second-order valence-corrected chi connectivity index (χ2v) is 0. The largest absolute Gasteiger partial charge is 0.147 e. The van der Waals surface area contributed by atoms with Crippen LogP contribution >= 0.6 is 24.8 Å². The van der Waals surface area contributed by atoms with Gasteiger partial charge in [-0.15, -0.1) is 24.8 Å². The normalized spacial score (nSPS) is 0. The van der Waals surface area contributed by atoms with Gasteiger partial charge in [-0.1, -0.05) is 0 Å². The maximum Gasteiger partial charge on any atom is 0 e. The number of hydrogen-bond donors (Lipinski definition) is 0. The molecular weight excluding hydrogens is 275 g/mol. The van der Waals surface area contributed by atoms with Crippen molar-refractivity contribution in [2.45, 2.75) is 0 Å². The zero-order chi connectivity index (χ0) is 0. The molecule has 0 spiro atoms. The Morgan fingerprint density at radius 2 is 0.750 bits per heavy atom. The van der Waals surface area contributed by atoms with E-state index in [2.05, 4.69) is 0 Å². The van der Waals surface area contributed by atoms with E-state index in [9.17, 15) is 0 Å². The van der Waals surface area contributed by atoms with Gasteiger partial charge in [0, 0.05) is 58.8 Å². The summed E-state index contributed by atoms with van der Waals surface area (Å²) < 4.78 is 0. The van der Waals surface area contributed by atoms with Crippen LogP contribution in [-0.4, -0.2) is 0 Å². The van der Waals surface area contributed by atoms with E-state index in [-0.39, 0.29) is 83.6 Å². The summed E-state index contributed by atoms with van der Waals surface area (Å²) in [6.07, 6.45) is 0. The molecule has 0 nitrogen and oxygen atoms in total. The molecule has 0 rings (SSSR count). The van der Waals surface area contributed by atoms with Crippen LogP contribution in [0.2, 0.25) is 0 Å². The van der Waals surface area contributed by atoms with Crippen molar-refractivity contribution in [3.63, 3.8) is 0 Å². The van der Waals surface area contributed by atoms with Gasteiger partial charge >= 0.3 is 0 Å². The Morgan fingerprint density at radius 3 is 0.750 bits per heavy atom. The third-order valence-electron chi connectivity index (χ3n) is 0. The van der Waals surface area contributed by atoms with Gasteiger partial charge in [-0.2, -0.15) is 0 Å². The summed E-state index contributed by atoms with van der Waals surface area (Å²) in [5.41, 5.74) is 0. The Kier molecular flexibility index (Phi) is 142. The first-order valence-electron chi connectivity index (χ1n) is 0. The molecule has 0 aromatic carbocycles. The quantitative estimate of drug-likeness (QED) is 0.575. The summed E-state index contributed by atoms with van der Waals surface area (Å²) >= 11 is 0. The van der Waals surface area contributed by atoms with Gasteiger partial charge in [-0.05, 0) is 0 Å². The van der Waals surface area contributed by atoms with Crippen LogP contribution < -0.4 is 0 Å². The van der Waals surface area contributed by atoms with Gasteiger partial charge in [0.1, 0.15) is 0 Å². The minimum absolute atomic E-state index is 0. The van der Waals surface area contributed by atoms with E-state index in [1.165, 1.54) is 0 Å². The fourth-order valence-corrected chi connectivity index (χ4v) is 0. The first-order chi connectivity index (χ1) is 0. The molecule has 4 heteroatoms. The van der Waals surface area contributed by atoms with Gasteiger partial charge in [-0.3, -0.25) is 0 Å². The predicted octanol–water partition coefficient (Wildman–Crippen LogP) is 0.841. The first-order valence-corrected chi connectivity index (χ1v) is 0. The second kappa shape index (κ2) is 17.9. The molecule has 0 unspecified atom stereocenters. The maximum absolute atomic E-state index is 0. The Hall–Kier alpha value is 2.48. The van der Waals surface area contributed by atoms with Crippen LogP contribution in [0.15, 0.2) is 0 Å². The summed E-state index contributed by atoms with van der Waals surface area (Å²) in [5.74, 6) is 0. The molecule has 0 aliphatic carbocycles. The summed E-state index contributed by atoms with van der Waals surface area (Å²) in [5, 5.41) is 0. The molecule has 0 saturated heterocycles. The monoisotopic (exact) mass is 275 g/mol.